The Kier molecular flexibility index (Phi) is 5.09. The second-order valence-electron chi connectivity index (χ2n) is 5.25. The molecule has 134 valence electrons. The summed E-state index contributed by atoms with van der Waals surface area (Å²) in [6, 6.07) is 5.57. The second-order valence-corrected chi connectivity index (χ2v) is 8.89. The SMILES string of the molecule is Cc1cc(C)nc(NC(=O)NS(=O)(=O)c2ccccc2S(C)(=O)=O)n1. The molecule has 0 aliphatic rings. The zero-order valence-corrected chi connectivity index (χ0v) is 15.3. The van der Waals surface area contributed by atoms with Gasteiger partial charge in [-0.3, -0.25) is 5.32 Å². The summed E-state index contributed by atoms with van der Waals surface area (Å²) >= 11 is 0. The van der Waals surface area contributed by atoms with Gasteiger partial charge in [-0.1, -0.05) is 12.1 Å². The molecule has 1 aromatic carbocycles. The van der Waals surface area contributed by atoms with Crippen molar-refractivity contribution in [3.8, 4) is 0 Å². The Labute approximate surface area is 145 Å². The van der Waals surface area contributed by atoms with Crippen LogP contribution in [-0.2, 0) is 19.9 Å². The predicted molar refractivity (Wildman–Crippen MR) is 90.4 cm³/mol. The first kappa shape index (κ1) is 18.8. The molecule has 0 spiro atoms. The van der Waals surface area contributed by atoms with Crippen LogP contribution >= 0.6 is 0 Å². The van der Waals surface area contributed by atoms with E-state index in [2.05, 4.69) is 15.3 Å². The second kappa shape index (κ2) is 6.76. The Morgan fingerprint density at radius 3 is 2.00 bits per heavy atom. The number of hydrogen-bond donors (Lipinski definition) is 2. The molecule has 0 saturated carbocycles. The van der Waals surface area contributed by atoms with E-state index in [0.29, 0.717) is 11.4 Å². The highest BCUT2D eigenvalue weighted by Gasteiger charge is 2.25. The molecular weight excluding hydrogens is 368 g/mol. The number of anilines is 1. The molecule has 0 bridgehead atoms. The molecule has 2 N–H and O–H groups in total. The maximum atomic E-state index is 12.4. The van der Waals surface area contributed by atoms with Gasteiger partial charge in [0, 0.05) is 17.6 Å². The molecule has 2 rings (SSSR count). The van der Waals surface area contributed by atoms with E-state index in [-0.39, 0.29) is 5.95 Å². The quantitative estimate of drug-likeness (QED) is 0.803. The fourth-order valence-electron chi connectivity index (χ4n) is 2.06. The standard InChI is InChI=1S/C14H16N4O5S2/c1-9-8-10(2)16-13(15-9)17-14(19)18-25(22,23)12-7-5-4-6-11(12)24(3,20)21/h4-8H,1-3H3,(H2,15,16,17,18,19). The number of nitrogens with zero attached hydrogens (tertiary/aromatic N) is 2. The van der Waals surface area contributed by atoms with Crippen molar-refractivity contribution < 1.29 is 21.6 Å². The third kappa shape index (κ3) is 4.73. The molecule has 25 heavy (non-hydrogen) atoms. The van der Waals surface area contributed by atoms with E-state index < -0.39 is 35.7 Å². The van der Waals surface area contributed by atoms with Gasteiger partial charge in [0.05, 0.1) is 4.90 Å². The first-order valence-corrected chi connectivity index (χ1v) is 10.3. The van der Waals surface area contributed by atoms with Gasteiger partial charge in [-0.05, 0) is 32.0 Å². The van der Waals surface area contributed by atoms with Gasteiger partial charge in [0.25, 0.3) is 10.0 Å². The minimum Gasteiger partial charge on any atom is -0.275 e. The normalized spacial score (nSPS) is 11.8. The van der Waals surface area contributed by atoms with Crippen molar-refractivity contribution in [2.24, 2.45) is 0 Å². The lowest BCUT2D eigenvalue weighted by Crippen LogP contribution is -2.35. The summed E-state index contributed by atoms with van der Waals surface area (Å²) in [7, 11) is -8.21. The Balaban J connectivity index is 2.29. The van der Waals surface area contributed by atoms with Crippen molar-refractivity contribution in [2.75, 3.05) is 11.6 Å². The Hall–Kier alpha value is -2.53. The van der Waals surface area contributed by atoms with Gasteiger partial charge >= 0.3 is 6.03 Å². The summed E-state index contributed by atoms with van der Waals surface area (Å²) in [6.07, 6.45) is 0.880. The summed E-state index contributed by atoms with van der Waals surface area (Å²) in [6.45, 7) is 3.38. The molecule has 0 atom stereocenters. The molecule has 0 fully saturated rings. The van der Waals surface area contributed by atoms with Crippen molar-refractivity contribution >= 4 is 31.8 Å². The van der Waals surface area contributed by atoms with Crippen LogP contribution in [0.25, 0.3) is 0 Å². The van der Waals surface area contributed by atoms with Gasteiger partial charge in [-0.25, -0.2) is 36.3 Å². The summed E-state index contributed by atoms with van der Waals surface area (Å²) < 4.78 is 49.9. The number of hydrogen-bond acceptors (Lipinski definition) is 7. The van der Waals surface area contributed by atoms with Crippen molar-refractivity contribution in [3.63, 3.8) is 0 Å². The zero-order chi connectivity index (χ0) is 18.8. The number of aromatic nitrogens is 2. The fraction of sp³-hybridized carbons (Fsp3) is 0.214. The van der Waals surface area contributed by atoms with E-state index in [1.807, 2.05) is 0 Å². The molecular formula is C14H16N4O5S2. The number of amides is 2. The number of rotatable bonds is 4. The van der Waals surface area contributed by atoms with Gasteiger partial charge in [-0.15, -0.1) is 0 Å². The van der Waals surface area contributed by atoms with Crippen LogP contribution in [0.4, 0.5) is 10.7 Å². The van der Waals surface area contributed by atoms with Crippen LogP contribution in [0.5, 0.6) is 0 Å². The molecule has 1 aromatic heterocycles. The third-order valence-corrected chi connectivity index (χ3v) is 5.65. The van der Waals surface area contributed by atoms with E-state index >= 15 is 0 Å². The average Bonchev–Trinajstić information content (AvgIpc) is 2.44. The summed E-state index contributed by atoms with van der Waals surface area (Å²) in [5.41, 5.74) is 1.18. The highest BCUT2D eigenvalue weighted by molar-refractivity contribution is 7.93. The average molecular weight is 384 g/mol. The molecule has 0 unspecified atom stereocenters. The molecule has 11 heteroatoms. The number of nitrogens with one attached hydrogen (secondary N) is 2. The smallest absolute Gasteiger partial charge is 0.275 e. The van der Waals surface area contributed by atoms with E-state index in [9.17, 15) is 21.6 Å². The van der Waals surface area contributed by atoms with E-state index in [0.717, 1.165) is 18.4 Å². The maximum Gasteiger partial charge on any atom is 0.335 e. The molecule has 1 heterocycles. The first-order chi connectivity index (χ1) is 11.5. The molecule has 0 aliphatic heterocycles. The highest BCUT2D eigenvalue weighted by atomic mass is 32.2. The number of benzene rings is 1. The zero-order valence-electron chi connectivity index (χ0n) is 13.6. The molecule has 0 aliphatic carbocycles. The van der Waals surface area contributed by atoms with Crippen LogP contribution in [-0.4, -0.2) is 39.1 Å². The Morgan fingerprint density at radius 2 is 1.48 bits per heavy atom. The number of sulfonamides is 1. The number of carbonyl (C=O) groups excluding carboxylic acids is 1. The minimum atomic E-state index is -4.41. The lowest BCUT2D eigenvalue weighted by atomic mass is 10.4. The van der Waals surface area contributed by atoms with Gasteiger partial charge in [0.1, 0.15) is 4.90 Å². The van der Waals surface area contributed by atoms with Gasteiger partial charge < -0.3 is 0 Å². The summed E-state index contributed by atoms with van der Waals surface area (Å²) in [5.74, 6) is -0.0680. The van der Waals surface area contributed by atoms with Crippen molar-refractivity contribution in [1.82, 2.24) is 14.7 Å². The number of aryl methyl sites for hydroxylation is 2. The first-order valence-electron chi connectivity index (χ1n) is 6.94. The largest absolute Gasteiger partial charge is 0.335 e. The van der Waals surface area contributed by atoms with Crippen LogP contribution in [0.15, 0.2) is 40.1 Å². The van der Waals surface area contributed by atoms with Crippen LogP contribution in [0.2, 0.25) is 0 Å². The summed E-state index contributed by atoms with van der Waals surface area (Å²) in [5, 5.41) is 2.21. The molecule has 2 aromatic rings. The van der Waals surface area contributed by atoms with Crippen molar-refractivity contribution in [1.29, 1.82) is 0 Å². The van der Waals surface area contributed by atoms with Crippen LogP contribution in [0.3, 0.4) is 0 Å². The van der Waals surface area contributed by atoms with Crippen molar-refractivity contribution in [2.45, 2.75) is 23.6 Å². The van der Waals surface area contributed by atoms with Crippen LogP contribution in [0, 0.1) is 13.8 Å². The monoisotopic (exact) mass is 384 g/mol. The van der Waals surface area contributed by atoms with Crippen LogP contribution < -0.4 is 10.0 Å². The van der Waals surface area contributed by atoms with Gasteiger partial charge in [-0.2, -0.15) is 0 Å². The number of sulfone groups is 1. The van der Waals surface area contributed by atoms with E-state index in [1.54, 1.807) is 24.6 Å². The predicted octanol–water partition coefficient (Wildman–Crippen LogP) is 1.01. The lowest BCUT2D eigenvalue weighted by molar-refractivity contribution is 0.256. The number of carbonyl (C=O) groups is 1. The van der Waals surface area contributed by atoms with Crippen molar-refractivity contribution in [3.05, 3.63) is 41.7 Å². The number of urea groups is 1. The van der Waals surface area contributed by atoms with E-state index in [1.165, 1.54) is 12.1 Å². The van der Waals surface area contributed by atoms with Gasteiger partial charge in [0.2, 0.25) is 5.95 Å². The van der Waals surface area contributed by atoms with E-state index in [4.69, 9.17) is 0 Å². The molecule has 0 saturated heterocycles. The summed E-state index contributed by atoms with van der Waals surface area (Å²) in [4.78, 5) is 18.9. The van der Waals surface area contributed by atoms with Crippen LogP contribution in [0.1, 0.15) is 11.4 Å². The van der Waals surface area contributed by atoms with Gasteiger partial charge in [0.15, 0.2) is 9.84 Å². The molecule has 9 nitrogen and oxygen atoms in total. The molecule has 0 radical (unpaired) electrons. The fourth-order valence-corrected chi connectivity index (χ4v) is 4.60. The Morgan fingerprint density at radius 1 is 0.960 bits per heavy atom. The molecule has 2 amide bonds. The lowest BCUT2D eigenvalue weighted by Gasteiger charge is -2.11. The minimum absolute atomic E-state index is 0.0680. The highest BCUT2D eigenvalue weighted by Crippen LogP contribution is 2.20. The Bertz CT molecular complexity index is 1010. The maximum absolute atomic E-state index is 12.4. The third-order valence-electron chi connectivity index (χ3n) is 2.97. The topological polar surface area (TPSA) is 135 Å².